The van der Waals surface area contributed by atoms with Crippen molar-refractivity contribution in [2.75, 3.05) is 19.8 Å². The molecular weight excluding hydrogens is 415 g/mol. The van der Waals surface area contributed by atoms with Gasteiger partial charge < -0.3 is 15.0 Å². The average Bonchev–Trinajstić information content (AvgIpc) is 3.32. The molecule has 1 aliphatic rings. The van der Waals surface area contributed by atoms with E-state index in [4.69, 9.17) is 4.74 Å². The number of rotatable bonds is 10. The summed E-state index contributed by atoms with van der Waals surface area (Å²) in [7, 11) is 0. The SMILES string of the molecule is CCOCCCN(C(=O)c1cccs1)[C@@H](C(=O)NC1CCCCC1)c1ccccc1F. The lowest BCUT2D eigenvalue weighted by atomic mass is 9.94. The summed E-state index contributed by atoms with van der Waals surface area (Å²) in [5.41, 5.74) is 0.220. The molecule has 2 amide bonds. The zero-order valence-electron chi connectivity index (χ0n) is 18.0. The lowest BCUT2D eigenvalue weighted by molar-refractivity contribution is -0.127. The summed E-state index contributed by atoms with van der Waals surface area (Å²) in [4.78, 5) is 28.9. The molecule has 0 radical (unpaired) electrons. The molecule has 0 aliphatic heterocycles. The highest BCUT2D eigenvalue weighted by atomic mass is 32.1. The number of carbonyl (C=O) groups is 2. The van der Waals surface area contributed by atoms with Crippen molar-refractivity contribution < 1.29 is 18.7 Å². The molecule has 0 unspecified atom stereocenters. The molecule has 5 nitrogen and oxygen atoms in total. The number of hydrogen-bond acceptors (Lipinski definition) is 4. The first-order chi connectivity index (χ1) is 15.1. The Bertz CT molecular complexity index is 837. The highest BCUT2D eigenvalue weighted by Gasteiger charge is 2.35. The Kier molecular flexibility index (Phi) is 9.03. The molecule has 1 fully saturated rings. The van der Waals surface area contributed by atoms with Crippen molar-refractivity contribution in [3.63, 3.8) is 0 Å². The molecule has 3 rings (SSSR count). The number of halogens is 1. The normalized spacial score (nSPS) is 15.4. The van der Waals surface area contributed by atoms with Crippen LogP contribution in [0.3, 0.4) is 0 Å². The van der Waals surface area contributed by atoms with Gasteiger partial charge in [-0.1, -0.05) is 43.5 Å². The molecule has 7 heteroatoms. The Morgan fingerprint density at radius 3 is 2.65 bits per heavy atom. The zero-order chi connectivity index (χ0) is 22.1. The highest BCUT2D eigenvalue weighted by Crippen LogP contribution is 2.28. The second-order valence-electron chi connectivity index (χ2n) is 7.79. The lowest BCUT2D eigenvalue weighted by Crippen LogP contribution is -2.47. The van der Waals surface area contributed by atoms with Crippen molar-refractivity contribution in [2.45, 2.75) is 57.5 Å². The van der Waals surface area contributed by atoms with Gasteiger partial charge in [0.1, 0.15) is 11.9 Å². The topological polar surface area (TPSA) is 58.6 Å². The van der Waals surface area contributed by atoms with Gasteiger partial charge in [0.2, 0.25) is 5.91 Å². The molecule has 1 aliphatic carbocycles. The minimum atomic E-state index is -1.03. The zero-order valence-corrected chi connectivity index (χ0v) is 18.8. The van der Waals surface area contributed by atoms with E-state index in [1.807, 2.05) is 12.3 Å². The molecule has 1 N–H and O–H groups in total. The predicted octanol–water partition coefficient (Wildman–Crippen LogP) is 4.95. The van der Waals surface area contributed by atoms with Crippen LogP contribution in [-0.2, 0) is 9.53 Å². The van der Waals surface area contributed by atoms with Crippen LogP contribution in [0.25, 0.3) is 0 Å². The third kappa shape index (κ3) is 6.37. The molecule has 0 bridgehead atoms. The van der Waals surface area contributed by atoms with Gasteiger partial charge in [0.05, 0.1) is 4.88 Å². The minimum absolute atomic E-state index is 0.0673. The Hall–Kier alpha value is -2.25. The molecule has 0 spiro atoms. The maximum Gasteiger partial charge on any atom is 0.264 e. The fraction of sp³-hybridized carbons (Fsp3) is 0.500. The van der Waals surface area contributed by atoms with Crippen LogP contribution >= 0.6 is 11.3 Å². The van der Waals surface area contributed by atoms with Gasteiger partial charge in [-0.3, -0.25) is 9.59 Å². The van der Waals surface area contributed by atoms with Crippen LogP contribution in [0.4, 0.5) is 4.39 Å². The van der Waals surface area contributed by atoms with Crippen LogP contribution < -0.4 is 5.32 Å². The Morgan fingerprint density at radius 2 is 1.97 bits per heavy atom. The number of ether oxygens (including phenoxy) is 1. The van der Waals surface area contributed by atoms with E-state index < -0.39 is 11.9 Å². The van der Waals surface area contributed by atoms with Crippen LogP contribution in [0.1, 0.15) is 66.7 Å². The van der Waals surface area contributed by atoms with E-state index in [2.05, 4.69) is 5.32 Å². The Labute approximate surface area is 187 Å². The van der Waals surface area contributed by atoms with E-state index in [1.165, 1.54) is 28.7 Å². The third-order valence-electron chi connectivity index (χ3n) is 5.60. The van der Waals surface area contributed by atoms with Crippen LogP contribution in [0.5, 0.6) is 0 Å². The maximum absolute atomic E-state index is 14.8. The molecule has 31 heavy (non-hydrogen) atoms. The van der Waals surface area contributed by atoms with Gasteiger partial charge in [-0.15, -0.1) is 11.3 Å². The van der Waals surface area contributed by atoms with Gasteiger partial charge in [-0.2, -0.15) is 0 Å². The smallest absolute Gasteiger partial charge is 0.264 e. The van der Waals surface area contributed by atoms with Crippen LogP contribution in [0.15, 0.2) is 41.8 Å². The number of benzene rings is 1. The number of thiophene rings is 1. The van der Waals surface area contributed by atoms with Crippen molar-refractivity contribution in [1.29, 1.82) is 0 Å². The molecule has 1 aromatic heterocycles. The largest absolute Gasteiger partial charge is 0.382 e. The summed E-state index contributed by atoms with van der Waals surface area (Å²) in [5.74, 6) is -1.07. The predicted molar refractivity (Wildman–Crippen MR) is 121 cm³/mol. The van der Waals surface area contributed by atoms with Crippen molar-refractivity contribution in [3.05, 3.63) is 58.0 Å². The second kappa shape index (κ2) is 12.0. The van der Waals surface area contributed by atoms with Gasteiger partial charge in [0.15, 0.2) is 0 Å². The van der Waals surface area contributed by atoms with E-state index in [-0.39, 0.29) is 23.4 Å². The molecule has 1 aromatic carbocycles. The van der Waals surface area contributed by atoms with Crippen molar-refractivity contribution in [2.24, 2.45) is 0 Å². The summed E-state index contributed by atoms with van der Waals surface area (Å²) >= 11 is 1.32. The van der Waals surface area contributed by atoms with E-state index in [0.717, 1.165) is 25.7 Å². The quantitative estimate of drug-likeness (QED) is 0.526. The molecule has 168 valence electrons. The molecule has 1 heterocycles. The van der Waals surface area contributed by atoms with Gasteiger partial charge in [0, 0.05) is 31.4 Å². The molecule has 2 aromatic rings. The van der Waals surface area contributed by atoms with Crippen molar-refractivity contribution >= 4 is 23.2 Å². The summed E-state index contributed by atoms with van der Waals surface area (Å²) in [6.07, 6.45) is 5.71. The average molecular weight is 447 g/mol. The fourth-order valence-electron chi connectivity index (χ4n) is 4.05. The van der Waals surface area contributed by atoms with Gasteiger partial charge in [-0.25, -0.2) is 4.39 Å². The highest BCUT2D eigenvalue weighted by molar-refractivity contribution is 7.12. The van der Waals surface area contributed by atoms with Crippen LogP contribution in [-0.4, -0.2) is 42.5 Å². The summed E-state index contributed by atoms with van der Waals surface area (Å²) < 4.78 is 20.3. The molecule has 0 saturated heterocycles. The second-order valence-corrected chi connectivity index (χ2v) is 8.74. The third-order valence-corrected chi connectivity index (χ3v) is 6.45. The van der Waals surface area contributed by atoms with Crippen LogP contribution in [0.2, 0.25) is 0 Å². The number of nitrogens with one attached hydrogen (secondary N) is 1. The first kappa shape index (κ1) is 23.4. The van der Waals surface area contributed by atoms with Gasteiger partial charge >= 0.3 is 0 Å². The first-order valence-electron chi connectivity index (χ1n) is 11.1. The van der Waals surface area contributed by atoms with E-state index in [9.17, 15) is 14.0 Å². The van der Waals surface area contributed by atoms with Crippen molar-refractivity contribution in [3.8, 4) is 0 Å². The number of carbonyl (C=O) groups excluding carboxylic acids is 2. The molecular formula is C24H31FN2O3S. The maximum atomic E-state index is 14.8. The Balaban J connectivity index is 1.91. The van der Waals surface area contributed by atoms with E-state index in [1.54, 1.807) is 30.3 Å². The van der Waals surface area contributed by atoms with E-state index in [0.29, 0.717) is 31.1 Å². The fourth-order valence-corrected chi connectivity index (χ4v) is 4.72. The monoisotopic (exact) mass is 446 g/mol. The van der Waals surface area contributed by atoms with E-state index >= 15 is 0 Å². The van der Waals surface area contributed by atoms with Gasteiger partial charge in [-0.05, 0) is 43.7 Å². The molecule has 1 atom stereocenters. The first-order valence-corrected chi connectivity index (χ1v) is 12.0. The summed E-state index contributed by atoms with van der Waals surface area (Å²) in [6, 6.07) is 8.80. The standard InChI is InChI=1S/C24H31FN2O3S/c1-2-30-16-9-15-27(24(29)21-14-8-17-31-21)22(19-12-6-7-13-20(19)25)23(28)26-18-10-4-3-5-11-18/h6-8,12-14,17-18,22H,2-5,9-11,15-16H2,1H3,(H,26,28)/t22-/m1/s1. The summed E-state index contributed by atoms with van der Waals surface area (Å²) in [6.45, 7) is 3.26. The summed E-state index contributed by atoms with van der Waals surface area (Å²) in [5, 5.41) is 4.92. The number of nitrogens with zero attached hydrogens (tertiary/aromatic N) is 1. The molecule has 1 saturated carbocycles. The van der Waals surface area contributed by atoms with Crippen LogP contribution in [0, 0.1) is 5.82 Å². The van der Waals surface area contributed by atoms with Gasteiger partial charge in [0.25, 0.3) is 5.91 Å². The number of amides is 2. The Morgan fingerprint density at radius 1 is 1.19 bits per heavy atom. The minimum Gasteiger partial charge on any atom is -0.382 e. The van der Waals surface area contributed by atoms with Crippen molar-refractivity contribution in [1.82, 2.24) is 10.2 Å². The lowest BCUT2D eigenvalue weighted by Gasteiger charge is -2.33. The number of hydrogen-bond donors (Lipinski definition) is 1.